The van der Waals surface area contributed by atoms with Crippen LogP contribution in [0.15, 0.2) is 9.00 Å². The van der Waals surface area contributed by atoms with Gasteiger partial charge < -0.3 is 5.73 Å². The fraction of sp³-hybridized carbons (Fsp3) is 0.700. The van der Waals surface area contributed by atoms with Crippen LogP contribution in [0.5, 0.6) is 0 Å². The van der Waals surface area contributed by atoms with Crippen molar-refractivity contribution in [3.05, 3.63) is 21.1 Å². The van der Waals surface area contributed by atoms with Crippen molar-refractivity contribution in [1.82, 2.24) is 9.55 Å². The van der Waals surface area contributed by atoms with Gasteiger partial charge in [-0.05, 0) is 87.7 Å². The van der Waals surface area contributed by atoms with E-state index in [9.17, 15) is 4.79 Å². The van der Waals surface area contributed by atoms with E-state index in [4.69, 9.17) is 5.73 Å². The molecule has 2 N–H and O–H groups in total. The average Bonchev–Trinajstić information content (AvgIpc) is 2.85. The highest BCUT2D eigenvalue weighted by Gasteiger charge is 2.50. The number of imidazole rings is 1. The molecule has 0 atom stereocenters. The quantitative estimate of drug-likeness (QED) is 0.775. The second-order valence-electron chi connectivity index (χ2n) is 9.01. The predicted octanol–water partition coefficient (Wildman–Crippen LogP) is 4.63. The number of hydrogen-bond acceptors (Lipinski definition) is 5. The Balaban J connectivity index is 1.36. The Bertz CT molecular complexity index is 849. The molecule has 0 spiro atoms. The lowest BCUT2D eigenvalue weighted by Crippen LogP contribution is -2.46. The van der Waals surface area contributed by atoms with Gasteiger partial charge in [0.1, 0.15) is 5.69 Å². The number of rotatable bonds is 4. The first kappa shape index (κ1) is 17.1. The molecule has 0 amide bonds. The largest absolute Gasteiger partial charge is 0.382 e. The summed E-state index contributed by atoms with van der Waals surface area (Å²) in [6.45, 7) is 4.06. The number of nitrogens with zero attached hydrogens (tertiary/aromatic N) is 2. The van der Waals surface area contributed by atoms with Gasteiger partial charge in [0.2, 0.25) is 0 Å². The smallest absolute Gasteiger partial charge is 0.354 e. The van der Waals surface area contributed by atoms with E-state index in [1.807, 2.05) is 18.7 Å². The van der Waals surface area contributed by atoms with Crippen molar-refractivity contribution >= 4 is 28.9 Å². The Morgan fingerprint density at radius 3 is 2.42 bits per heavy atom. The third-order valence-corrected chi connectivity index (χ3v) is 9.64. The highest BCUT2D eigenvalue weighted by molar-refractivity contribution is 8.01. The van der Waals surface area contributed by atoms with Gasteiger partial charge in [-0.15, -0.1) is 23.1 Å². The van der Waals surface area contributed by atoms with E-state index in [-0.39, 0.29) is 5.69 Å². The van der Waals surface area contributed by atoms with Gasteiger partial charge in [-0.2, -0.15) is 4.98 Å². The summed E-state index contributed by atoms with van der Waals surface area (Å²) in [6, 6.07) is 0. The number of aryl methyl sites for hydroxylation is 1. The van der Waals surface area contributed by atoms with E-state index in [0.29, 0.717) is 11.2 Å². The van der Waals surface area contributed by atoms with Crippen molar-refractivity contribution in [2.75, 3.05) is 11.5 Å². The molecule has 4 saturated carbocycles. The maximum atomic E-state index is 12.2. The molecule has 0 unspecified atom stereocenters. The number of aromatic nitrogens is 2. The summed E-state index contributed by atoms with van der Waals surface area (Å²) in [6.07, 6.45) is 10.2. The molecule has 6 heteroatoms. The minimum absolute atomic E-state index is 0.242. The van der Waals surface area contributed by atoms with Gasteiger partial charge in [0.15, 0.2) is 5.82 Å². The lowest BCUT2D eigenvalue weighted by molar-refractivity contribution is -0.0538. The summed E-state index contributed by atoms with van der Waals surface area (Å²) in [5, 5.41) is 0. The molecule has 4 aliphatic carbocycles. The normalized spacial score (nSPS) is 32.6. The van der Waals surface area contributed by atoms with E-state index < -0.39 is 0 Å². The molecule has 0 aromatic carbocycles. The first-order chi connectivity index (χ1) is 12.4. The average molecular weight is 390 g/mol. The molecule has 26 heavy (non-hydrogen) atoms. The molecule has 6 aliphatic rings. The van der Waals surface area contributed by atoms with Gasteiger partial charge in [0, 0.05) is 10.6 Å². The van der Waals surface area contributed by atoms with Crippen LogP contribution in [0, 0.1) is 37.0 Å². The zero-order chi connectivity index (χ0) is 18.1. The molecule has 4 fully saturated rings. The lowest BCUT2D eigenvalue weighted by Gasteiger charge is -2.57. The van der Waals surface area contributed by atoms with Crippen LogP contribution >= 0.6 is 23.1 Å². The van der Waals surface area contributed by atoms with E-state index in [0.717, 1.165) is 39.1 Å². The van der Waals surface area contributed by atoms with Crippen molar-refractivity contribution in [3.8, 4) is 5.69 Å². The van der Waals surface area contributed by atoms with Crippen molar-refractivity contribution in [2.24, 2.45) is 23.2 Å². The molecule has 2 heterocycles. The molecule has 0 aromatic heterocycles. The first-order valence-corrected chi connectivity index (χ1v) is 11.7. The number of nitrogen functional groups attached to an aromatic ring is 1. The minimum Gasteiger partial charge on any atom is -0.382 e. The molecule has 6 rings (SSSR count). The SMILES string of the molecule is Cc1sc(SCCC23CC4CC(CC(C4)C2)C3)c2c(N)nc(=O)n-2c1C. The second kappa shape index (κ2) is 5.99. The third kappa shape index (κ3) is 2.63. The van der Waals surface area contributed by atoms with E-state index >= 15 is 0 Å². The van der Waals surface area contributed by atoms with Crippen LogP contribution < -0.4 is 11.4 Å². The van der Waals surface area contributed by atoms with Crippen molar-refractivity contribution in [1.29, 1.82) is 0 Å². The Morgan fingerprint density at radius 2 is 1.81 bits per heavy atom. The van der Waals surface area contributed by atoms with Crippen LogP contribution in [0.3, 0.4) is 0 Å². The molecular weight excluding hydrogens is 362 g/mol. The van der Waals surface area contributed by atoms with Crippen molar-refractivity contribution in [2.45, 2.75) is 63.0 Å². The van der Waals surface area contributed by atoms with E-state index in [2.05, 4.69) is 11.9 Å². The van der Waals surface area contributed by atoms with Crippen LogP contribution in [0.25, 0.3) is 5.69 Å². The van der Waals surface area contributed by atoms with Crippen LogP contribution in [0.2, 0.25) is 0 Å². The Kier molecular flexibility index (Phi) is 3.95. The van der Waals surface area contributed by atoms with Gasteiger partial charge >= 0.3 is 5.69 Å². The van der Waals surface area contributed by atoms with E-state index in [1.54, 1.807) is 15.9 Å². The summed E-state index contributed by atoms with van der Waals surface area (Å²) in [5.74, 6) is 4.54. The second-order valence-corrected chi connectivity index (χ2v) is 11.6. The third-order valence-electron chi connectivity index (χ3n) is 7.19. The number of anilines is 1. The molecular formula is C20H27N3OS2. The molecule has 4 nitrogen and oxygen atoms in total. The zero-order valence-corrected chi connectivity index (χ0v) is 17.2. The number of thioether (sulfide) groups is 1. The van der Waals surface area contributed by atoms with Crippen LogP contribution in [0.1, 0.15) is 55.5 Å². The van der Waals surface area contributed by atoms with Crippen molar-refractivity contribution < 1.29 is 0 Å². The molecule has 0 radical (unpaired) electrons. The number of fused-ring (bicyclic) bond motifs is 1. The summed E-state index contributed by atoms with van der Waals surface area (Å²) in [7, 11) is 0. The van der Waals surface area contributed by atoms with Gasteiger partial charge in [0.25, 0.3) is 0 Å². The molecule has 4 bridgehead atoms. The molecule has 2 aliphatic heterocycles. The Hall–Kier alpha value is -1.01. The monoisotopic (exact) mass is 389 g/mol. The lowest BCUT2D eigenvalue weighted by atomic mass is 9.49. The maximum Gasteiger partial charge on any atom is 0.354 e. The highest BCUT2D eigenvalue weighted by Crippen LogP contribution is 2.61. The van der Waals surface area contributed by atoms with Crippen LogP contribution in [-0.2, 0) is 0 Å². The molecule has 0 aromatic rings. The summed E-state index contributed by atoms with van der Waals surface area (Å²) < 4.78 is 2.86. The fourth-order valence-corrected chi connectivity index (χ4v) is 9.12. The van der Waals surface area contributed by atoms with Gasteiger partial charge in [0.05, 0.1) is 4.21 Å². The Labute approximate surface area is 162 Å². The van der Waals surface area contributed by atoms with Crippen molar-refractivity contribution in [3.63, 3.8) is 0 Å². The van der Waals surface area contributed by atoms with Crippen LogP contribution in [-0.4, -0.2) is 15.3 Å². The number of hydrogen-bond donors (Lipinski definition) is 1. The topological polar surface area (TPSA) is 60.9 Å². The number of nitrogens with two attached hydrogens (primary N) is 1. The highest BCUT2D eigenvalue weighted by atomic mass is 32.2. The van der Waals surface area contributed by atoms with Gasteiger partial charge in [-0.3, -0.25) is 4.57 Å². The van der Waals surface area contributed by atoms with Gasteiger partial charge in [-0.25, -0.2) is 4.79 Å². The minimum atomic E-state index is -0.242. The predicted molar refractivity (Wildman–Crippen MR) is 109 cm³/mol. The van der Waals surface area contributed by atoms with Gasteiger partial charge in [-0.1, -0.05) is 0 Å². The summed E-state index contributed by atoms with van der Waals surface area (Å²) in [5.41, 5.74) is 8.24. The standard InChI is InChI=1S/C20H27N3OS2/c1-11-12(2)26-18(16-17(21)22-19(24)23(11)16)25-4-3-20-8-13-5-14(9-20)7-15(6-13)10-20/h13-15H,3-10H2,1-2H3,(H2,21,22,24). The summed E-state index contributed by atoms with van der Waals surface area (Å²) in [4.78, 5) is 17.4. The first-order valence-electron chi connectivity index (χ1n) is 9.85. The zero-order valence-electron chi connectivity index (χ0n) is 15.6. The molecule has 0 saturated heterocycles. The van der Waals surface area contributed by atoms with Crippen LogP contribution in [0.4, 0.5) is 5.82 Å². The molecule has 140 valence electrons. The van der Waals surface area contributed by atoms with E-state index in [1.165, 1.54) is 49.8 Å². The maximum absolute atomic E-state index is 12.2. The fourth-order valence-electron chi connectivity index (χ4n) is 6.40. The summed E-state index contributed by atoms with van der Waals surface area (Å²) >= 11 is 3.65. The Morgan fingerprint density at radius 1 is 1.19 bits per heavy atom.